The van der Waals surface area contributed by atoms with E-state index in [2.05, 4.69) is 46.2 Å². The molecule has 3 N–H and O–H groups in total. The van der Waals surface area contributed by atoms with Gasteiger partial charge in [-0.2, -0.15) is 0 Å². The Morgan fingerprint density at radius 3 is 2.47 bits per heavy atom. The Morgan fingerprint density at radius 2 is 1.78 bits per heavy atom. The molecule has 1 aliphatic rings. The number of rotatable bonds is 6. The van der Waals surface area contributed by atoms with Crippen LogP contribution in [0.1, 0.15) is 19.3 Å². The summed E-state index contributed by atoms with van der Waals surface area (Å²) in [5, 5.41) is 20.9. The summed E-state index contributed by atoms with van der Waals surface area (Å²) in [6.07, 6.45) is 9.47. The molecule has 1 saturated carbocycles. The molecule has 2 atom stereocenters. The minimum absolute atomic E-state index is 0.168. The highest BCUT2D eigenvalue weighted by molar-refractivity contribution is 6.29. The number of anilines is 2. The molecule has 4 aromatic heterocycles. The quantitative estimate of drug-likeness (QED) is 0.403. The molecule has 32 heavy (non-hydrogen) atoms. The van der Waals surface area contributed by atoms with Crippen molar-refractivity contribution in [1.29, 1.82) is 0 Å². The van der Waals surface area contributed by atoms with E-state index in [1.54, 1.807) is 24.7 Å². The molecular weight excluding hydrogens is 432 g/mol. The highest BCUT2D eigenvalue weighted by Gasteiger charge is 2.25. The van der Waals surface area contributed by atoms with Crippen LogP contribution in [-0.4, -0.2) is 52.2 Å². The molecular formula is C20H19ClN10O. The Hall–Kier alpha value is -3.86. The van der Waals surface area contributed by atoms with Crippen molar-refractivity contribution in [3.63, 3.8) is 0 Å². The maximum absolute atomic E-state index is 12.3. The highest BCUT2D eigenvalue weighted by Crippen LogP contribution is 2.25. The van der Waals surface area contributed by atoms with Crippen LogP contribution in [0.3, 0.4) is 0 Å². The van der Waals surface area contributed by atoms with Gasteiger partial charge in [0.1, 0.15) is 16.8 Å². The minimum atomic E-state index is -0.168. The average molecular weight is 451 g/mol. The van der Waals surface area contributed by atoms with Gasteiger partial charge in [0.15, 0.2) is 5.82 Å². The van der Waals surface area contributed by atoms with Gasteiger partial charge in [0.2, 0.25) is 0 Å². The van der Waals surface area contributed by atoms with E-state index in [0.29, 0.717) is 28.3 Å². The van der Waals surface area contributed by atoms with Crippen molar-refractivity contribution in [3.05, 3.63) is 64.6 Å². The van der Waals surface area contributed by atoms with Gasteiger partial charge in [-0.05, 0) is 47.9 Å². The first-order valence-electron chi connectivity index (χ1n) is 10.1. The number of nitrogens with zero attached hydrogens (tertiary/aromatic N) is 7. The van der Waals surface area contributed by atoms with Gasteiger partial charge in [-0.3, -0.25) is 9.36 Å². The maximum atomic E-state index is 12.3. The third-order valence-corrected chi connectivity index (χ3v) is 5.51. The van der Waals surface area contributed by atoms with Gasteiger partial charge in [0.25, 0.3) is 5.56 Å². The van der Waals surface area contributed by atoms with Crippen molar-refractivity contribution in [3.8, 4) is 17.1 Å². The SMILES string of the molecule is O=c1ccc(-c2nnn[nH]2)cn1-c1ccc(N[C@H]2CC[C@H](Nc3cnc(Cl)cn3)C2)nc1. The van der Waals surface area contributed by atoms with Gasteiger partial charge in [-0.1, -0.05) is 11.6 Å². The second kappa shape index (κ2) is 8.71. The average Bonchev–Trinajstić information content (AvgIpc) is 3.49. The first-order chi connectivity index (χ1) is 15.6. The van der Waals surface area contributed by atoms with Crippen LogP contribution in [0.4, 0.5) is 11.6 Å². The van der Waals surface area contributed by atoms with E-state index in [-0.39, 0.29) is 11.6 Å². The minimum Gasteiger partial charge on any atom is -0.367 e. The molecule has 0 radical (unpaired) electrons. The normalized spacial score (nSPS) is 17.9. The van der Waals surface area contributed by atoms with Crippen molar-refractivity contribution in [2.24, 2.45) is 0 Å². The number of halogens is 1. The topological polar surface area (TPSA) is 139 Å². The first kappa shape index (κ1) is 20.1. The number of aromatic amines is 1. The molecule has 1 aliphatic carbocycles. The summed E-state index contributed by atoms with van der Waals surface area (Å²) < 4.78 is 1.51. The fourth-order valence-corrected chi connectivity index (χ4v) is 3.87. The summed E-state index contributed by atoms with van der Waals surface area (Å²) in [6, 6.07) is 7.46. The van der Waals surface area contributed by atoms with Crippen molar-refractivity contribution in [2.75, 3.05) is 10.6 Å². The fourth-order valence-electron chi connectivity index (χ4n) is 3.77. The molecule has 0 aromatic carbocycles. The predicted molar refractivity (Wildman–Crippen MR) is 119 cm³/mol. The molecule has 5 rings (SSSR count). The van der Waals surface area contributed by atoms with Crippen LogP contribution >= 0.6 is 11.6 Å². The van der Waals surface area contributed by atoms with Crippen LogP contribution in [0.25, 0.3) is 17.1 Å². The molecule has 12 heteroatoms. The summed E-state index contributed by atoms with van der Waals surface area (Å²) in [4.78, 5) is 25.1. The summed E-state index contributed by atoms with van der Waals surface area (Å²) in [5.41, 5.74) is 1.19. The zero-order valence-electron chi connectivity index (χ0n) is 16.8. The lowest BCUT2D eigenvalue weighted by atomic mass is 10.2. The number of pyridine rings is 2. The van der Waals surface area contributed by atoms with E-state index >= 15 is 0 Å². The molecule has 0 saturated heterocycles. The van der Waals surface area contributed by atoms with Crippen LogP contribution in [-0.2, 0) is 0 Å². The Balaban J connectivity index is 1.23. The lowest BCUT2D eigenvalue weighted by molar-refractivity contribution is 0.719. The third-order valence-electron chi connectivity index (χ3n) is 5.31. The summed E-state index contributed by atoms with van der Waals surface area (Å²) in [6.45, 7) is 0. The van der Waals surface area contributed by atoms with Crippen molar-refractivity contribution in [2.45, 2.75) is 31.3 Å². The molecule has 1 fully saturated rings. The number of tetrazole rings is 1. The first-order valence-corrected chi connectivity index (χ1v) is 10.5. The summed E-state index contributed by atoms with van der Waals surface area (Å²) in [5.74, 6) is 1.96. The molecule has 162 valence electrons. The number of hydrogen-bond donors (Lipinski definition) is 3. The largest absolute Gasteiger partial charge is 0.367 e. The third kappa shape index (κ3) is 4.42. The van der Waals surface area contributed by atoms with E-state index in [1.807, 2.05) is 12.1 Å². The molecule has 11 nitrogen and oxygen atoms in total. The van der Waals surface area contributed by atoms with Crippen molar-refractivity contribution in [1.82, 2.24) is 40.1 Å². The molecule has 4 heterocycles. The molecule has 0 unspecified atom stereocenters. The van der Waals surface area contributed by atoms with Gasteiger partial charge < -0.3 is 10.6 Å². The highest BCUT2D eigenvalue weighted by atomic mass is 35.5. The van der Waals surface area contributed by atoms with Crippen LogP contribution < -0.4 is 16.2 Å². The second-order valence-electron chi connectivity index (χ2n) is 7.50. The van der Waals surface area contributed by atoms with Crippen LogP contribution in [0, 0.1) is 0 Å². The van der Waals surface area contributed by atoms with Gasteiger partial charge in [0, 0.05) is 29.9 Å². The Morgan fingerprint density at radius 1 is 0.969 bits per heavy atom. The monoisotopic (exact) mass is 450 g/mol. The molecule has 0 aliphatic heterocycles. The van der Waals surface area contributed by atoms with Crippen LogP contribution in [0.5, 0.6) is 0 Å². The molecule has 4 aromatic rings. The lowest BCUT2D eigenvalue weighted by Gasteiger charge is -2.16. The number of H-pyrrole nitrogens is 1. The Kier molecular flexibility index (Phi) is 5.46. The van der Waals surface area contributed by atoms with Crippen molar-refractivity contribution >= 4 is 23.2 Å². The zero-order valence-corrected chi connectivity index (χ0v) is 17.6. The summed E-state index contributed by atoms with van der Waals surface area (Å²) >= 11 is 5.79. The standard InChI is InChI=1S/C20H19ClN10O/c21-16-9-24-18(10-22-16)26-14-3-2-13(7-14)25-17-5-4-15(8-23-17)31-11-12(1-6-19(31)32)20-27-29-30-28-20/h1,4-6,8-11,13-14H,2-3,7H2,(H,23,25)(H,24,26)(H,27,28,29,30)/t13-,14-/m0/s1. The van der Waals surface area contributed by atoms with Gasteiger partial charge >= 0.3 is 0 Å². The Labute approximate surface area is 187 Å². The maximum Gasteiger partial charge on any atom is 0.255 e. The fraction of sp³-hybridized carbons (Fsp3) is 0.250. The van der Waals surface area contributed by atoms with Gasteiger partial charge in [0.05, 0.1) is 24.3 Å². The number of aromatic nitrogens is 8. The van der Waals surface area contributed by atoms with Crippen LogP contribution in [0.2, 0.25) is 5.15 Å². The Bertz CT molecular complexity index is 1240. The van der Waals surface area contributed by atoms with Crippen molar-refractivity contribution < 1.29 is 0 Å². The van der Waals surface area contributed by atoms with Crippen LogP contribution in [0.15, 0.2) is 53.8 Å². The number of nitrogens with one attached hydrogen (secondary N) is 3. The van der Waals surface area contributed by atoms with Gasteiger partial charge in [-0.15, -0.1) is 5.10 Å². The lowest BCUT2D eigenvalue weighted by Crippen LogP contribution is -2.21. The molecule has 0 amide bonds. The van der Waals surface area contributed by atoms with E-state index < -0.39 is 0 Å². The molecule has 0 bridgehead atoms. The van der Waals surface area contributed by atoms with E-state index in [9.17, 15) is 4.79 Å². The van der Waals surface area contributed by atoms with E-state index in [0.717, 1.165) is 30.9 Å². The zero-order chi connectivity index (χ0) is 21.9. The summed E-state index contributed by atoms with van der Waals surface area (Å²) in [7, 11) is 0. The smallest absolute Gasteiger partial charge is 0.255 e. The van der Waals surface area contributed by atoms with E-state index in [4.69, 9.17) is 11.6 Å². The predicted octanol–water partition coefficient (Wildman–Crippen LogP) is 2.30. The number of hydrogen-bond acceptors (Lipinski definition) is 9. The second-order valence-corrected chi connectivity index (χ2v) is 7.88. The molecule has 0 spiro atoms. The van der Waals surface area contributed by atoms with E-state index in [1.165, 1.54) is 16.8 Å². The van der Waals surface area contributed by atoms with Gasteiger partial charge in [-0.25, -0.2) is 20.1 Å².